The van der Waals surface area contributed by atoms with Crippen LogP contribution < -0.4 is 0 Å². The molecule has 2 aromatic carbocycles. The summed E-state index contributed by atoms with van der Waals surface area (Å²) in [5.74, 6) is 3.33. The number of fused-ring (bicyclic) bond motifs is 2. The van der Waals surface area contributed by atoms with Crippen molar-refractivity contribution in [1.29, 1.82) is 0 Å². The van der Waals surface area contributed by atoms with Crippen molar-refractivity contribution in [2.24, 2.45) is 17.8 Å². The maximum atomic E-state index is 7.03. The summed E-state index contributed by atoms with van der Waals surface area (Å²) in [4.78, 5) is 0. The molecular weight excluding hydrogens is 621 g/mol. The lowest BCUT2D eigenvalue weighted by Crippen LogP contribution is -2.49. The Morgan fingerprint density at radius 1 is 0.578 bits per heavy atom. The molecule has 0 heterocycles. The van der Waals surface area contributed by atoms with Gasteiger partial charge in [-0.15, -0.1) is 0 Å². The molecule has 45 heavy (non-hydrogen) atoms. The zero-order valence-electron chi connectivity index (χ0n) is 29.7. The predicted molar refractivity (Wildman–Crippen MR) is 201 cm³/mol. The van der Waals surface area contributed by atoms with Crippen LogP contribution in [0.1, 0.15) is 17.0 Å². The fourth-order valence-corrected chi connectivity index (χ4v) is 9.93. The second-order valence-corrected chi connectivity index (χ2v) is 34.1. The zero-order chi connectivity index (χ0) is 33.2. The van der Waals surface area contributed by atoms with E-state index >= 15 is 0 Å². The first kappa shape index (κ1) is 35.5. The second-order valence-electron chi connectivity index (χ2n) is 16.4. The highest BCUT2D eigenvalue weighted by molar-refractivity contribution is 6.71. The third kappa shape index (κ3) is 10.6. The smallest absolute Gasteiger partial charge is 0.242 e. The summed E-state index contributed by atoms with van der Waals surface area (Å²) in [5, 5.41) is 0. The minimum Gasteiger partial charge on any atom is -0.547 e. The first-order valence-electron chi connectivity index (χ1n) is 16.5. The summed E-state index contributed by atoms with van der Waals surface area (Å²) < 4.78 is 27.9. The summed E-state index contributed by atoms with van der Waals surface area (Å²) >= 11 is 0. The van der Waals surface area contributed by atoms with E-state index in [9.17, 15) is 0 Å². The number of rotatable bonds is 12. The predicted octanol–water partition coefficient (Wildman–Crippen LogP) is 10.8. The van der Waals surface area contributed by atoms with Crippen molar-refractivity contribution >= 4 is 39.3 Å². The number of hydrogen-bond acceptors (Lipinski definition) is 4. The molecule has 0 spiro atoms. The quantitative estimate of drug-likeness (QED) is 0.127. The summed E-state index contributed by atoms with van der Waals surface area (Å²) in [7, 11) is -7.76. The molecule has 5 atom stereocenters. The maximum Gasteiger partial charge on any atom is 0.242 e. The molecule has 4 rings (SSSR count). The third-order valence-electron chi connectivity index (χ3n) is 7.43. The molecule has 8 heteroatoms. The number of benzene rings is 2. The summed E-state index contributed by atoms with van der Waals surface area (Å²) in [5.41, 5.74) is 2.45. The largest absolute Gasteiger partial charge is 0.547 e. The van der Waals surface area contributed by atoms with Crippen LogP contribution in [0, 0.1) is 17.8 Å². The molecule has 244 valence electrons. The van der Waals surface area contributed by atoms with E-state index in [1.54, 1.807) is 0 Å². The average Bonchev–Trinajstić information content (AvgIpc) is 2.88. The second kappa shape index (κ2) is 13.8. The Labute approximate surface area is 277 Å². The normalized spacial score (nSPS) is 24.6. The van der Waals surface area contributed by atoms with Crippen molar-refractivity contribution in [3.63, 3.8) is 0 Å². The molecule has 0 saturated carbocycles. The van der Waals surface area contributed by atoms with Gasteiger partial charge >= 0.3 is 0 Å². The Morgan fingerprint density at radius 3 is 1.62 bits per heavy atom. The topological polar surface area (TPSA) is 36.9 Å². The summed E-state index contributed by atoms with van der Waals surface area (Å²) in [6.07, 6.45) is 11.2. The van der Waals surface area contributed by atoms with Gasteiger partial charge in [-0.3, -0.25) is 0 Å². The fraction of sp³-hybridized carbons (Fsp3) is 0.459. The van der Waals surface area contributed by atoms with E-state index in [4.69, 9.17) is 17.7 Å². The van der Waals surface area contributed by atoms with E-state index in [2.05, 4.69) is 164 Å². The van der Waals surface area contributed by atoms with Gasteiger partial charge in [0.2, 0.25) is 25.0 Å². The number of allylic oxidation sites excluding steroid dienone is 4. The van der Waals surface area contributed by atoms with Crippen molar-refractivity contribution in [2.45, 2.75) is 90.6 Å². The van der Waals surface area contributed by atoms with Crippen LogP contribution in [-0.2, 0) is 17.7 Å². The monoisotopic (exact) mass is 676 g/mol. The van der Waals surface area contributed by atoms with Crippen LogP contribution in [0.2, 0.25) is 78.6 Å². The molecular formula is C37H56O4Si4. The van der Waals surface area contributed by atoms with Gasteiger partial charge in [-0.25, -0.2) is 0 Å². The highest BCUT2D eigenvalue weighted by Gasteiger charge is 2.52. The first-order valence-corrected chi connectivity index (χ1v) is 30.1. The Balaban J connectivity index is 1.97. The van der Waals surface area contributed by atoms with Gasteiger partial charge in [-0.05, 0) is 114 Å². The van der Waals surface area contributed by atoms with Gasteiger partial charge in [0.05, 0.1) is 29.3 Å². The Kier molecular flexibility index (Phi) is 10.9. The SMILES string of the molecule is C[Si](C)(C)OC1=CC(O[Si](C)(C)C)C2C(O[Si](C)(C)C)=CC(/C=C(\C=C/c3ccccc3)O[Si](C)(C)C)C1C2c1ccccc1. The molecule has 0 saturated heterocycles. The Bertz CT molecular complexity index is 1400. The van der Waals surface area contributed by atoms with Crippen molar-refractivity contribution in [2.75, 3.05) is 0 Å². The number of hydrogen-bond donors (Lipinski definition) is 0. The van der Waals surface area contributed by atoms with Crippen molar-refractivity contribution in [1.82, 2.24) is 0 Å². The first-order chi connectivity index (χ1) is 20.8. The average molecular weight is 677 g/mol. The van der Waals surface area contributed by atoms with Gasteiger partial charge in [0.15, 0.2) is 8.32 Å². The standard InChI is InChI=1S/C37H56O4Si4/c1-42(2,3)38-31(24-23-28-19-15-13-16-20-28)25-30-26-32(39-43(4,5)6)37-34(41-45(10,11)12)27-33(40-44(7,8)9)35(30)36(37)29-21-17-14-18-22-29/h13-27,30,34-37H,1-12H3/b24-23-,31-25+. The van der Waals surface area contributed by atoms with Gasteiger partial charge in [0, 0.05) is 17.8 Å². The van der Waals surface area contributed by atoms with E-state index in [0.29, 0.717) is 0 Å². The minimum absolute atomic E-state index is 0.0139. The molecule has 5 unspecified atom stereocenters. The van der Waals surface area contributed by atoms with Gasteiger partial charge in [0.1, 0.15) is 0 Å². The van der Waals surface area contributed by atoms with Gasteiger partial charge in [-0.1, -0.05) is 66.7 Å². The molecule has 2 aromatic rings. The fourth-order valence-electron chi connectivity index (χ4n) is 6.23. The zero-order valence-corrected chi connectivity index (χ0v) is 33.7. The molecule has 2 aliphatic carbocycles. The van der Waals surface area contributed by atoms with E-state index in [1.165, 1.54) is 5.56 Å². The Hall–Kier alpha value is -2.37. The maximum absolute atomic E-state index is 7.03. The van der Waals surface area contributed by atoms with E-state index in [-0.39, 0.29) is 29.8 Å². The van der Waals surface area contributed by atoms with Gasteiger partial charge < -0.3 is 17.7 Å². The van der Waals surface area contributed by atoms with Crippen LogP contribution in [0.5, 0.6) is 0 Å². The van der Waals surface area contributed by atoms with Crippen molar-refractivity contribution in [3.05, 3.63) is 113 Å². The molecule has 0 aliphatic heterocycles. The van der Waals surface area contributed by atoms with Crippen LogP contribution in [0.3, 0.4) is 0 Å². The lowest BCUT2D eigenvalue weighted by atomic mass is 9.61. The lowest BCUT2D eigenvalue weighted by molar-refractivity contribution is 0.0782. The van der Waals surface area contributed by atoms with Crippen molar-refractivity contribution in [3.8, 4) is 0 Å². The summed E-state index contributed by atoms with van der Waals surface area (Å²) in [6.45, 7) is 27.2. The summed E-state index contributed by atoms with van der Waals surface area (Å²) in [6, 6.07) is 21.4. The molecule has 4 nitrogen and oxygen atoms in total. The molecule has 0 amide bonds. The third-order valence-corrected chi connectivity index (χ3v) is 11.0. The van der Waals surface area contributed by atoms with Crippen LogP contribution in [0.15, 0.2) is 102 Å². The van der Waals surface area contributed by atoms with E-state index in [0.717, 1.165) is 22.8 Å². The minimum atomic E-state index is -1.96. The molecule has 0 fully saturated rings. The molecule has 2 aliphatic rings. The van der Waals surface area contributed by atoms with E-state index in [1.807, 2.05) is 6.07 Å². The van der Waals surface area contributed by atoms with Crippen molar-refractivity contribution < 1.29 is 17.7 Å². The Morgan fingerprint density at radius 2 is 1.11 bits per heavy atom. The van der Waals surface area contributed by atoms with Crippen LogP contribution in [-0.4, -0.2) is 39.4 Å². The van der Waals surface area contributed by atoms with Gasteiger partial charge in [-0.2, -0.15) is 0 Å². The van der Waals surface area contributed by atoms with Crippen LogP contribution in [0.4, 0.5) is 0 Å². The van der Waals surface area contributed by atoms with Gasteiger partial charge in [0.25, 0.3) is 0 Å². The molecule has 2 bridgehead atoms. The van der Waals surface area contributed by atoms with Crippen LogP contribution in [0.25, 0.3) is 6.08 Å². The highest BCUT2D eigenvalue weighted by Crippen LogP contribution is 2.55. The molecule has 0 aromatic heterocycles. The molecule has 0 N–H and O–H groups in total. The van der Waals surface area contributed by atoms with E-state index < -0.39 is 33.3 Å². The van der Waals surface area contributed by atoms with Crippen LogP contribution >= 0.6 is 0 Å². The lowest BCUT2D eigenvalue weighted by Gasteiger charge is -2.51. The molecule has 0 radical (unpaired) electrons. The highest BCUT2D eigenvalue weighted by atomic mass is 28.4.